The molecule has 2 fully saturated rings. The molecule has 0 N–H and O–H groups in total. The second-order valence-corrected chi connectivity index (χ2v) is 7.41. The number of carbonyl (C=O) groups excluding carboxylic acids is 1. The monoisotopic (exact) mass is 353 g/mol. The molecule has 0 radical (unpaired) electrons. The molecule has 0 bridgehead atoms. The molecule has 0 unspecified atom stereocenters. The summed E-state index contributed by atoms with van der Waals surface area (Å²) in [5.41, 5.74) is 3.04. The second-order valence-electron chi connectivity index (χ2n) is 7.41. The van der Waals surface area contributed by atoms with Crippen LogP contribution in [0.1, 0.15) is 29.2 Å². The Kier molecular flexibility index (Phi) is 3.62. The molecule has 4 nitrogen and oxygen atoms in total. The quantitative estimate of drug-likeness (QED) is 0.780. The number of epoxide rings is 1. The highest BCUT2D eigenvalue weighted by atomic mass is 19.1. The highest BCUT2D eigenvalue weighted by Crippen LogP contribution is 2.41. The van der Waals surface area contributed by atoms with Gasteiger partial charge in [0.15, 0.2) is 0 Å². The molecule has 3 heterocycles. The number of benzene rings is 2. The third-order valence-electron chi connectivity index (χ3n) is 5.69. The van der Waals surface area contributed by atoms with Crippen LogP contribution in [-0.4, -0.2) is 42.3 Å². The lowest BCUT2D eigenvalue weighted by atomic mass is 9.87. The molecule has 3 aliphatic heterocycles. The van der Waals surface area contributed by atoms with Crippen LogP contribution in [0.4, 0.5) is 4.39 Å². The van der Waals surface area contributed by atoms with E-state index in [1.807, 2.05) is 17.0 Å². The second kappa shape index (κ2) is 5.89. The van der Waals surface area contributed by atoms with E-state index in [4.69, 9.17) is 9.47 Å². The lowest BCUT2D eigenvalue weighted by Gasteiger charge is -2.38. The number of halogens is 1. The molecular weight excluding hydrogens is 333 g/mol. The standard InChI is InChI=1S/C21H20FNO3/c22-16-7-5-15(6-8-16)19-17-4-2-1-3-14(17)9-10-23(19)20(24)18-11-21(12-25-18)13-26-21/h1-8,18-19H,9-13H2/t18-,19+,21-/m1/s1. The Labute approximate surface area is 151 Å². The van der Waals surface area contributed by atoms with E-state index in [1.54, 1.807) is 12.1 Å². The zero-order valence-electron chi connectivity index (χ0n) is 14.4. The van der Waals surface area contributed by atoms with E-state index in [0.29, 0.717) is 26.2 Å². The summed E-state index contributed by atoms with van der Waals surface area (Å²) >= 11 is 0. The van der Waals surface area contributed by atoms with Crippen LogP contribution < -0.4 is 0 Å². The van der Waals surface area contributed by atoms with Gasteiger partial charge in [0.2, 0.25) is 0 Å². The third kappa shape index (κ3) is 2.63. The molecule has 26 heavy (non-hydrogen) atoms. The molecule has 0 saturated carbocycles. The smallest absolute Gasteiger partial charge is 0.252 e. The van der Waals surface area contributed by atoms with Crippen LogP contribution in [0.15, 0.2) is 48.5 Å². The van der Waals surface area contributed by atoms with Crippen molar-refractivity contribution in [1.29, 1.82) is 0 Å². The van der Waals surface area contributed by atoms with Crippen molar-refractivity contribution in [3.63, 3.8) is 0 Å². The van der Waals surface area contributed by atoms with Crippen molar-refractivity contribution in [1.82, 2.24) is 4.90 Å². The van der Waals surface area contributed by atoms with Crippen LogP contribution in [0.5, 0.6) is 0 Å². The van der Waals surface area contributed by atoms with E-state index in [-0.39, 0.29) is 23.4 Å². The predicted molar refractivity (Wildman–Crippen MR) is 93.1 cm³/mol. The fraction of sp³-hybridized carbons (Fsp3) is 0.381. The molecule has 134 valence electrons. The topological polar surface area (TPSA) is 42.1 Å². The number of ether oxygens (including phenoxy) is 2. The van der Waals surface area contributed by atoms with E-state index in [2.05, 4.69) is 12.1 Å². The first-order chi connectivity index (χ1) is 12.7. The van der Waals surface area contributed by atoms with Crippen molar-refractivity contribution < 1.29 is 18.7 Å². The minimum absolute atomic E-state index is 0.00111. The predicted octanol–water partition coefficient (Wildman–Crippen LogP) is 2.86. The van der Waals surface area contributed by atoms with Crippen LogP contribution in [0.2, 0.25) is 0 Å². The lowest BCUT2D eigenvalue weighted by Crippen LogP contribution is -2.45. The van der Waals surface area contributed by atoms with Crippen LogP contribution in [-0.2, 0) is 20.7 Å². The van der Waals surface area contributed by atoms with E-state index in [9.17, 15) is 9.18 Å². The number of nitrogens with zero attached hydrogens (tertiary/aromatic N) is 1. The van der Waals surface area contributed by atoms with Gasteiger partial charge in [-0.1, -0.05) is 36.4 Å². The van der Waals surface area contributed by atoms with Crippen LogP contribution in [0, 0.1) is 5.82 Å². The van der Waals surface area contributed by atoms with Gasteiger partial charge in [0, 0.05) is 13.0 Å². The molecule has 3 atom stereocenters. The Morgan fingerprint density at radius 1 is 1.12 bits per heavy atom. The molecule has 0 aromatic heterocycles. The summed E-state index contributed by atoms with van der Waals surface area (Å²) in [6, 6.07) is 14.4. The number of carbonyl (C=O) groups is 1. The van der Waals surface area contributed by atoms with Gasteiger partial charge >= 0.3 is 0 Å². The van der Waals surface area contributed by atoms with Gasteiger partial charge in [0.1, 0.15) is 17.5 Å². The van der Waals surface area contributed by atoms with Crippen molar-refractivity contribution >= 4 is 5.91 Å². The normalized spacial score (nSPS) is 29.7. The van der Waals surface area contributed by atoms with E-state index >= 15 is 0 Å². The Bertz CT molecular complexity index is 847. The van der Waals surface area contributed by atoms with Gasteiger partial charge in [-0.2, -0.15) is 0 Å². The summed E-state index contributed by atoms with van der Waals surface area (Å²) in [5, 5.41) is 0. The van der Waals surface area contributed by atoms with Crippen molar-refractivity contribution in [3.05, 3.63) is 71.0 Å². The first kappa shape index (κ1) is 16.0. The van der Waals surface area contributed by atoms with Gasteiger partial charge in [0.25, 0.3) is 5.91 Å². The van der Waals surface area contributed by atoms with E-state index < -0.39 is 6.10 Å². The Morgan fingerprint density at radius 3 is 2.62 bits per heavy atom. The summed E-state index contributed by atoms with van der Waals surface area (Å²) in [7, 11) is 0. The molecule has 2 saturated heterocycles. The first-order valence-corrected chi connectivity index (χ1v) is 9.05. The van der Waals surface area contributed by atoms with Gasteiger partial charge in [-0.25, -0.2) is 4.39 Å². The van der Waals surface area contributed by atoms with Gasteiger partial charge in [-0.3, -0.25) is 4.79 Å². The summed E-state index contributed by atoms with van der Waals surface area (Å²) in [6.07, 6.45) is 0.986. The van der Waals surface area contributed by atoms with Gasteiger partial charge < -0.3 is 14.4 Å². The largest absolute Gasteiger partial charge is 0.367 e. The zero-order chi connectivity index (χ0) is 17.7. The summed E-state index contributed by atoms with van der Waals surface area (Å²) in [6.45, 7) is 1.81. The molecule has 2 aromatic rings. The van der Waals surface area contributed by atoms with Crippen LogP contribution >= 0.6 is 0 Å². The summed E-state index contributed by atoms with van der Waals surface area (Å²) in [5.74, 6) is -0.274. The first-order valence-electron chi connectivity index (χ1n) is 9.05. The molecule has 2 aromatic carbocycles. The number of rotatable bonds is 2. The molecule has 5 heteroatoms. The Morgan fingerprint density at radius 2 is 1.88 bits per heavy atom. The van der Waals surface area contributed by atoms with Crippen molar-refractivity contribution in [3.8, 4) is 0 Å². The number of fused-ring (bicyclic) bond motifs is 1. The van der Waals surface area contributed by atoms with Crippen molar-refractivity contribution in [2.75, 3.05) is 19.8 Å². The SMILES string of the molecule is O=C([C@H]1C[C@@]2(CO1)CO2)N1CCc2ccccc2[C@@H]1c1ccc(F)cc1. The number of amides is 1. The molecular formula is C21H20FNO3. The third-order valence-corrected chi connectivity index (χ3v) is 5.69. The lowest BCUT2D eigenvalue weighted by molar-refractivity contribution is -0.143. The van der Waals surface area contributed by atoms with E-state index in [0.717, 1.165) is 17.5 Å². The maximum atomic E-state index is 13.4. The highest BCUT2D eigenvalue weighted by Gasteiger charge is 2.54. The molecule has 1 spiro atoms. The minimum atomic E-state index is -0.453. The maximum absolute atomic E-state index is 13.4. The molecule has 1 amide bonds. The molecule has 0 aliphatic carbocycles. The van der Waals surface area contributed by atoms with Gasteiger partial charge in [0.05, 0.1) is 19.3 Å². The fourth-order valence-corrected chi connectivity index (χ4v) is 4.16. The number of hydrogen-bond acceptors (Lipinski definition) is 3. The maximum Gasteiger partial charge on any atom is 0.252 e. The van der Waals surface area contributed by atoms with Crippen molar-refractivity contribution in [2.24, 2.45) is 0 Å². The Hall–Kier alpha value is -2.24. The fourth-order valence-electron chi connectivity index (χ4n) is 4.16. The molecule has 5 rings (SSSR count). The zero-order valence-corrected chi connectivity index (χ0v) is 14.4. The van der Waals surface area contributed by atoms with Gasteiger partial charge in [-0.15, -0.1) is 0 Å². The summed E-state index contributed by atoms with van der Waals surface area (Å²) < 4.78 is 24.7. The average Bonchev–Trinajstić information content (AvgIpc) is 3.30. The van der Waals surface area contributed by atoms with Crippen molar-refractivity contribution in [2.45, 2.75) is 30.6 Å². The number of hydrogen-bond donors (Lipinski definition) is 0. The molecule has 3 aliphatic rings. The van der Waals surface area contributed by atoms with E-state index in [1.165, 1.54) is 17.7 Å². The van der Waals surface area contributed by atoms with Gasteiger partial charge in [-0.05, 0) is 35.2 Å². The highest BCUT2D eigenvalue weighted by molar-refractivity contribution is 5.83. The minimum Gasteiger partial charge on any atom is -0.367 e. The van der Waals surface area contributed by atoms with Crippen LogP contribution in [0.3, 0.4) is 0 Å². The Balaban J connectivity index is 1.51. The average molecular weight is 353 g/mol. The summed E-state index contributed by atoms with van der Waals surface area (Å²) in [4.78, 5) is 15.1. The van der Waals surface area contributed by atoms with Crippen LogP contribution in [0.25, 0.3) is 0 Å².